The van der Waals surface area contributed by atoms with E-state index in [9.17, 15) is 4.79 Å². The van der Waals surface area contributed by atoms with Crippen LogP contribution in [0.4, 0.5) is 5.82 Å². The quantitative estimate of drug-likeness (QED) is 0.627. The van der Waals surface area contributed by atoms with E-state index < -0.39 is 0 Å². The molecule has 0 atom stereocenters. The van der Waals surface area contributed by atoms with Crippen molar-refractivity contribution in [3.8, 4) is 0 Å². The predicted molar refractivity (Wildman–Crippen MR) is 45.9 cm³/mol. The lowest BCUT2D eigenvalue weighted by atomic mass is 10.4. The van der Waals surface area contributed by atoms with E-state index in [0.717, 1.165) is 0 Å². The molecule has 3 nitrogen and oxygen atoms in total. The molecule has 1 heterocycles. The number of hydrogen-bond acceptors (Lipinski definition) is 2. The molecule has 1 aromatic heterocycles. The summed E-state index contributed by atoms with van der Waals surface area (Å²) in [6.07, 6.45) is 1.69. The zero-order valence-electron chi connectivity index (χ0n) is 6.05. The van der Waals surface area contributed by atoms with Crippen LogP contribution in [0.15, 0.2) is 18.3 Å². The Labute approximate surface area is 69.5 Å². The zero-order chi connectivity index (χ0) is 8.27. The molecule has 0 radical (unpaired) electrons. The first kappa shape index (κ1) is 7.94. The zero-order valence-corrected chi connectivity index (χ0v) is 6.87. The molecule has 0 aliphatic rings. The van der Waals surface area contributed by atoms with E-state index in [2.05, 4.69) is 10.3 Å². The van der Waals surface area contributed by atoms with E-state index in [1.807, 2.05) is 0 Å². The lowest BCUT2D eigenvalue weighted by molar-refractivity contribution is -0.114. The number of amides is 1. The van der Waals surface area contributed by atoms with Gasteiger partial charge in [-0.15, -0.1) is 0 Å². The van der Waals surface area contributed by atoms with Gasteiger partial charge in [-0.05, 0) is 12.1 Å². The summed E-state index contributed by atoms with van der Waals surface area (Å²) in [5.74, 6) is 0.520. The summed E-state index contributed by atoms with van der Waals surface area (Å²) in [6.45, 7) is 1.45. The molecule has 0 saturated heterocycles. The maximum Gasteiger partial charge on any atom is 0.222 e. The number of anilines is 1. The SMILES string of the molecule is CC(=O)Nc1cc(=S)cc[nH]1. The number of carbonyl (C=O) groups excluding carboxylic acids is 1. The molecule has 11 heavy (non-hydrogen) atoms. The van der Waals surface area contributed by atoms with Crippen LogP contribution in [0.3, 0.4) is 0 Å². The molecule has 1 aromatic rings. The second kappa shape index (κ2) is 3.30. The van der Waals surface area contributed by atoms with E-state index >= 15 is 0 Å². The second-order valence-corrected chi connectivity index (χ2v) is 2.59. The number of pyridine rings is 1. The van der Waals surface area contributed by atoms with Crippen molar-refractivity contribution in [2.45, 2.75) is 6.92 Å². The van der Waals surface area contributed by atoms with Gasteiger partial charge in [0, 0.05) is 17.6 Å². The highest BCUT2D eigenvalue weighted by atomic mass is 32.1. The molecule has 0 aromatic carbocycles. The van der Waals surface area contributed by atoms with Crippen molar-refractivity contribution in [3.63, 3.8) is 0 Å². The number of aromatic nitrogens is 1. The molecular weight excluding hydrogens is 160 g/mol. The number of rotatable bonds is 1. The highest BCUT2D eigenvalue weighted by Crippen LogP contribution is 2.01. The van der Waals surface area contributed by atoms with Gasteiger partial charge in [-0.1, -0.05) is 12.2 Å². The summed E-state index contributed by atoms with van der Waals surface area (Å²) >= 11 is 4.88. The minimum atomic E-state index is -0.109. The molecule has 0 aliphatic carbocycles. The van der Waals surface area contributed by atoms with Crippen LogP contribution in [-0.4, -0.2) is 10.9 Å². The van der Waals surface area contributed by atoms with Gasteiger partial charge < -0.3 is 10.3 Å². The molecule has 0 spiro atoms. The lowest BCUT2D eigenvalue weighted by Crippen LogP contribution is -2.06. The Morgan fingerprint density at radius 2 is 2.45 bits per heavy atom. The summed E-state index contributed by atoms with van der Waals surface area (Å²) in [7, 11) is 0. The molecule has 0 aliphatic heterocycles. The van der Waals surface area contributed by atoms with E-state index in [1.165, 1.54) is 6.92 Å². The highest BCUT2D eigenvalue weighted by Gasteiger charge is 1.92. The van der Waals surface area contributed by atoms with Gasteiger partial charge >= 0.3 is 0 Å². The van der Waals surface area contributed by atoms with Crippen LogP contribution in [0, 0.1) is 4.51 Å². The Kier molecular flexibility index (Phi) is 2.38. The van der Waals surface area contributed by atoms with Crippen molar-refractivity contribution in [1.82, 2.24) is 4.98 Å². The summed E-state index contributed by atoms with van der Waals surface area (Å²) in [5, 5.41) is 2.58. The summed E-state index contributed by atoms with van der Waals surface area (Å²) in [5.41, 5.74) is 0. The first-order chi connectivity index (χ1) is 5.18. The number of H-pyrrole nitrogens is 1. The third-order valence-electron chi connectivity index (χ3n) is 1.08. The van der Waals surface area contributed by atoms with Crippen molar-refractivity contribution in [2.24, 2.45) is 0 Å². The second-order valence-electron chi connectivity index (χ2n) is 2.12. The van der Waals surface area contributed by atoms with Crippen LogP contribution >= 0.6 is 12.2 Å². The smallest absolute Gasteiger partial charge is 0.222 e. The Bertz CT molecular complexity index is 318. The first-order valence-corrected chi connectivity index (χ1v) is 3.55. The Morgan fingerprint density at radius 3 is 3.00 bits per heavy atom. The van der Waals surface area contributed by atoms with Gasteiger partial charge in [0.25, 0.3) is 0 Å². The Hall–Kier alpha value is -1.16. The number of aromatic amines is 1. The van der Waals surface area contributed by atoms with E-state index in [-0.39, 0.29) is 5.91 Å². The molecular formula is C7H8N2OS. The number of hydrogen-bond donors (Lipinski definition) is 2. The molecule has 58 valence electrons. The highest BCUT2D eigenvalue weighted by molar-refractivity contribution is 7.71. The van der Waals surface area contributed by atoms with Crippen LogP contribution in [0.25, 0.3) is 0 Å². The van der Waals surface area contributed by atoms with Crippen LogP contribution in [0.1, 0.15) is 6.92 Å². The maximum absolute atomic E-state index is 10.6. The molecule has 0 saturated carbocycles. The molecule has 0 fully saturated rings. The third-order valence-corrected chi connectivity index (χ3v) is 1.34. The normalized spacial score (nSPS) is 9.18. The van der Waals surface area contributed by atoms with E-state index in [0.29, 0.717) is 10.3 Å². The average molecular weight is 168 g/mol. The Balaban J connectivity index is 2.88. The van der Waals surface area contributed by atoms with Crippen molar-refractivity contribution in [3.05, 3.63) is 22.8 Å². The number of nitrogens with one attached hydrogen (secondary N) is 2. The molecule has 0 unspecified atom stereocenters. The summed E-state index contributed by atoms with van der Waals surface area (Å²) in [6, 6.07) is 3.44. The monoisotopic (exact) mass is 168 g/mol. The standard InChI is InChI=1S/C7H8N2OS/c1-5(10)9-7-4-6(11)2-3-8-7/h2-4H,1H3,(H2,8,9,10,11). The van der Waals surface area contributed by atoms with Crippen LogP contribution < -0.4 is 5.32 Å². The van der Waals surface area contributed by atoms with Crippen molar-refractivity contribution in [1.29, 1.82) is 0 Å². The maximum atomic E-state index is 10.6. The van der Waals surface area contributed by atoms with Gasteiger partial charge in [0.1, 0.15) is 5.82 Å². The topological polar surface area (TPSA) is 44.9 Å². The van der Waals surface area contributed by atoms with Crippen LogP contribution in [-0.2, 0) is 4.79 Å². The van der Waals surface area contributed by atoms with Gasteiger partial charge in [-0.3, -0.25) is 4.79 Å². The molecule has 4 heteroatoms. The average Bonchev–Trinajstić information content (AvgIpc) is 1.85. The lowest BCUT2D eigenvalue weighted by Gasteiger charge is -1.99. The van der Waals surface area contributed by atoms with Gasteiger partial charge in [-0.25, -0.2) is 0 Å². The van der Waals surface area contributed by atoms with Gasteiger partial charge in [-0.2, -0.15) is 0 Å². The van der Waals surface area contributed by atoms with Gasteiger partial charge in [0.05, 0.1) is 0 Å². The van der Waals surface area contributed by atoms with Crippen molar-refractivity contribution >= 4 is 23.9 Å². The summed E-state index contributed by atoms with van der Waals surface area (Å²) in [4.78, 5) is 13.4. The first-order valence-electron chi connectivity index (χ1n) is 3.15. The molecule has 1 amide bonds. The largest absolute Gasteiger partial charge is 0.348 e. The Morgan fingerprint density at radius 1 is 1.73 bits per heavy atom. The van der Waals surface area contributed by atoms with Gasteiger partial charge in [0.15, 0.2) is 0 Å². The fraction of sp³-hybridized carbons (Fsp3) is 0.143. The minimum absolute atomic E-state index is 0.109. The molecule has 0 bridgehead atoms. The minimum Gasteiger partial charge on any atom is -0.348 e. The third kappa shape index (κ3) is 2.51. The molecule has 1 rings (SSSR count). The van der Waals surface area contributed by atoms with Crippen molar-refractivity contribution < 1.29 is 4.79 Å². The molecule has 2 N–H and O–H groups in total. The van der Waals surface area contributed by atoms with Crippen molar-refractivity contribution in [2.75, 3.05) is 5.32 Å². The fourth-order valence-corrected chi connectivity index (χ4v) is 0.893. The van der Waals surface area contributed by atoms with E-state index in [1.54, 1.807) is 18.3 Å². The van der Waals surface area contributed by atoms with E-state index in [4.69, 9.17) is 12.2 Å². The number of carbonyl (C=O) groups is 1. The van der Waals surface area contributed by atoms with Crippen LogP contribution in [0.5, 0.6) is 0 Å². The predicted octanol–water partition coefficient (Wildman–Crippen LogP) is 1.70. The fourth-order valence-electron chi connectivity index (χ4n) is 0.707. The summed E-state index contributed by atoms with van der Waals surface area (Å²) < 4.78 is 0.701. The van der Waals surface area contributed by atoms with Crippen LogP contribution in [0.2, 0.25) is 0 Å². The van der Waals surface area contributed by atoms with Gasteiger partial charge in [0.2, 0.25) is 5.91 Å².